The summed E-state index contributed by atoms with van der Waals surface area (Å²) in [4.78, 5) is 2.37. The number of anilines is 3. The lowest BCUT2D eigenvalue weighted by atomic mass is 9.81. The van der Waals surface area contributed by atoms with Crippen molar-refractivity contribution >= 4 is 39.0 Å². The molecule has 1 heterocycles. The first-order valence-electron chi connectivity index (χ1n) is 20.4. The average molecular weight is 756 g/mol. The van der Waals surface area contributed by atoms with Gasteiger partial charge in [0.05, 0.1) is 0 Å². The summed E-state index contributed by atoms with van der Waals surface area (Å²) in [6.45, 7) is 4.72. The average Bonchev–Trinajstić information content (AvgIpc) is 3.79. The quantitative estimate of drug-likeness (QED) is 0.161. The molecule has 0 unspecified atom stereocenters. The summed E-state index contributed by atoms with van der Waals surface area (Å²) in [5.41, 5.74) is 20.0. The van der Waals surface area contributed by atoms with Gasteiger partial charge >= 0.3 is 0 Å². The van der Waals surface area contributed by atoms with Gasteiger partial charge in [-0.15, -0.1) is 0 Å². The molecular weight excluding hydrogens is 715 g/mol. The monoisotopic (exact) mass is 755 g/mol. The Bertz CT molecular complexity index is 3160. The van der Waals surface area contributed by atoms with Crippen molar-refractivity contribution in [2.24, 2.45) is 0 Å². The van der Waals surface area contributed by atoms with E-state index in [4.69, 9.17) is 4.42 Å². The largest absolute Gasteiger partial charge is 0.456 e. The molecule has 0 radical (unpaired) electrons. The molecule has 0 atom stereocenters. The lowest BCUT2D eigenvalue weighted by Crippen LogP contribution is -2.15. The Kier molecular flexibility index (Phi) is 8.20. The van der Waals surface area contributed by atoms with E-state index in [2.05, 4.69) is 219 Å². The van der Waals surface area contributed by atoms with Crippen LogP contribution in [0.1, 0.15) is 25.0 Å². The highest BCUT2D eigenvalue weighted by Crippen LogP contribution is 2.51. The van der Waals surface area contributed by atoms with Gasteiger partial charge in [0.1, 0.15) is 11.2 Å². The molecule has 0 saturated heterocycles. The van der Waals surface area contributed by atoms with Gasteiger partial charge in [-0.05, 0) is 127 Å². The number of para-hydroxylation sites is 1. The first kappa shape index (κ1) is 34.8. The second-order valence-corrected chi connectivity index (χ2v) is 16.1. The Labute approximate surface area is 345 Å². The van der Waals surface area contributed by atoms with Crippen LogP contribution in [-0.4, -0.2) is 0 Å². The minimum absolute atomic E-state index is 0.0963. The number of hydrogen-bond acceptors (Lipinski definition) is 2. The highest BCUT2D eigenvalue weighted by Gasteiger charge is 2.35. The fraction of sp³-hybridized carbons (Fsp3) is 0.0526. The minimum atomic E-state index is -0.0963. The fourth-order valence-corrected chi connectivity index (χ4v) is 9.25. The van der Waals surface area contributed by atoms with Crippen molar-refractivity contribution in [3.05, 3.63) is 223 Å². The van der Waals surface area contributed by atoms with Crippen LogP contribution >= 0.6 is 0 Å². The van der Waals surface area contributed by atoms with Gasteiger partial charge in [0, 0.05) is 33.2 Å². The first-order chi connectivity index (χ1) is 29.0. The number of hydrogen-bond donors (Lipinski definition) is 0. The standard InChI is InChI=1S/C57H41NO/c1-57(2)52-34-28-43(36-51(52)49-33-27-44(37-53(49)57)39-15-7-4-8-16-39)42-17-11-18-47(35-42)58(45-29-23-40(24-30-45)38-13-5-3-6-14-38)46-31-25-41(26-32-46)48-20-12-22-55-56(48)50-19-9-10-21-54(50)59-55/h3-37H,1-2H3. The molecule has 0 aliphatic heterocycles. The van der Waals surface area contributed by atoms with Gasteiger partial charge in [-0.1, -0.05) is 166 Å². The van der Waals surface area contributed by atoms with Crippen LogP contribution in [0, 0.1) is 0 Å². The smallest absolute Gasteiger partial charge is 0.136 e. The molecule has 0 N–H and O–H groups in total. The van der Waals surface area contributed by atoms with Crippen molar-refractivity contribution in [1.29, 1.82) is 0 Å². The van der Waals surface area contributed by atoms with Gasteiger partial charge in [0.15, 0.2) is 0 Å². The Hall–Kier alpha value is -7.42. The zero-order chi connectivity index (χ0) is 39.5. The van der Waals surface area contributed by atoms with Crippen LogP contribution in [0.3, 0.4) is 0 Å². The molecule has 11 rings (SSSR count). The zero-order valence-corrected chi connectivity index (χ0v) is 33.1. The van der Waals surface area contributed by atoms with E-state index in [-0.39, 0.29) is 5.41 Å². The van der Waals surface area contributed by atoms with Gasteiger partial charge in [-0.25, -0.2) is 0 Å². The van der Waals surface area contributed by atoms with E-state index in [1.54, 1.807) is 0 Å². The van der Waals surface area contributed by atoms with Crippen LogP contribution in [0.25, 0.3) is 77.6 Å². The summed E-state index contributed by atoms with van der Waals surface area (Å²) in [7, 11) is 0. The molecule has 9 aromatic carbocycles. The molecule has 0 bridgehead atoms. The van der Waals surface area contributed by atoms with Gasteiger partial charge in [0.2, 0.25) is 0 Å². The van der Waals surface area contributed by atoms with Crippen LogP contribution in [0.15, 0.2) is 217 Å². The van der Waals surface area contributed by atoms with Crippen molar-refractivity contribution < 1.29 is 4.42 Å². The van der Waals surface area contributed by atoms with E-state index < -0.39 is 0 Å². The summed E-state index contributed by atoms with van der Waals surface area (Å²) in [6.07, 6.45) is 0. The molecule has 1 aliphatic rings. The molecule has 0 amide bonds. The van der Waals surface area contributed by atoms with E-state index in [9.17, 15) is 0 Å². The van der Waals surface area contributed by atoms with Crippen molar-refractivity contribution in [2.75, 3.05) is 4.90 Å². The lowest BCUT2D eigenvalue weighted by molar-refractivity contribution is 0.660. The Balaban J connectivity index is 0.994. The van der Waals surface area contributed by atoms with Crippen molar-refractivity contribution in [3.63, 3.8) is 0 Å². The molecular formula is C57H41NO. The molecule has 0 spiro atoms. The second-order valence-electron chi connectivity index (χ2n) is 16.1. The van der Waals surface area contributed by atoms with Crippen molar-refractivity contribution in [3.8, 4) is 55.6 Å². The highest BCUT2D eigenvalue weighted by atomic mass is 16.3. The van der Waals surface area contributed by atoms with E-state index >= 15 is 0 Å². The lowest BCUT2D eigenvalue weighted by Gasteiger charge is -2.26. The predicted molar refractivity (Wildman–Crippen MR) is 248 cm³/mol. The van der Waals surface area contributed by atoms with Gasteiger partial charge in [-0.2, -0.15) is 0 Å². The molecule has 10 aromatic rings. The molecule has 1 aromatic heterocycles. The summed E-state index contributed by atoms with van der Waals surface area (Å²) < 4.78 is 6.25. The molecule has 0 saturated carbocycles. The van der Waals surface area contributed by atoms with Crippen LogP contribution in [-0.2, 0) is 5.41 Å². The van der Waals surface area contributed by atoms with Crippen LogP contribution < -0.4 is 4.90 Å². The molecule has 280 valence electrons. The number of rotatable bonds is 7. The topological polar surface area (TPSA) is 16.4 Å². The van der Waals surface area contributed by atoms with Crippen LogP contribution in [0.4, 0.5) is 17.1 Å². The number of benzene rings is 9. The highest BCUT2D eigenvalue weighted by molar-refractivity contribution is 6.12. The number of nitrogens with zero attached hydrogens (tertiary/aromatic N) is 1. The van der Waals surface area contributed by atoms with Gasteiger partial charge in [0.25, 0.3) is 0 Å². The van der Waals surface area contributed by atoms with Crippen LogP contribution in [0.5, 0.6) is 0 Å². The molecule has 0 fully saturated rings. The summed E-state index contributed by atoms with van der Waals surface area (Å²) in [6, 6.07) is 76.8. The normalized spacial score (nSPS) is 12.7. The summed E-state index contributed by atoms with van der Waals surface area (Å²) >= 11 is 0. The SMILES string of the molecule is CC1(C)c2ccc(-c3cccc(N(c4ccc(-c5ccccc5)cc4)c4ccc(-c5cccc6oc7ccccc7c56)cc4)c3)cc2-c2ccc(-c3ccccc3)cc21. The van der Waals surface area contributed by atoms with E-state index in [1.807, 2.05) is 12.1 Å². The minimum Gasteiger partial charge on any atom is -0.456 e. The Morgan fingerprint density at radius 3 is 1.63 bits per heavy atom. The number of furan rings is 1. The molecule has 59 heavy (non-hydrogen) atoms. The van der Waals surface area contributed by atoms with E-state index in [0.717, 1.165) is 50.1 Å². The summed E-state index contributed by atoms with van der Waals surface area (Å²) in [5.74, 6) is 0. The maximum atomic E-state index is 6.25. The zero-order valence-electron chi connectivity index (χ0n) is 33.1. The van der Waals surface area contributed by atoms with Crippen molar-refractivity contribution in [1.82, 2.24) is 0 Å². The summed E-state index contributed by atoms with van der Waals surface area (Å²) in [5, 5.41) is 2.28. The van der Waals surface area contributed by atoms with Gasteiger partial charge < -0.3 is 9.32 Å². The third kappa shape index (κ3) is 5.96. The van der Waals surface area contributed by atoms with Crippen LogP contribution in [0.2, 0.25) is 0 Å². The third-order valence-electron chi connectivity index (χ3n) is 12.3. The maximum absolute atomic E-state index is 6.25. The fourth-order valence-electron chi connectivity index (χ4n) is 9.25. The predicted octanol–water partition coefficient (Wildman–Crippen LogP) is 16.0. The van der Waals surface area contributed by atoms with E-state index in [1.165, 1.54) is 55.6 Å². The maximum Gasteiger partial charge on any atom is 0.136 e. The van der Waals surface area contributed by atoms with Crippen molar-refractivity contribution in [2.45, 2.75) is 19.3 Å². The second kappa shape index (κ2) is 13.9. The number of fused-ring (bicyclic) bond motifs is 6. The first-order valence-corrected chi connectivity index (χ1v) is 20.4. The molecule has 2 heteroatoms. The third-order valence-corrected chi connectivity index (χ3v) is 12.3. The molecule has 2 nitrogen and oxygen atoms in total. The Morgan fingerprint density at radius 2 is 0.881 bits per heavy atom. The van der Waals surface area contributed by atoms with E-state index in [0.29, 0.717) is 0 Å². The Morgan fingerprint density at radius 1 is 0.339 bits per heavy atom. The van der Waals surface area contributed by atoms with Gasteiger partial charge in [-0.3, -0.25) is 0 Å². The molecule has 1 aliphatic carbocycles.